The molecule has 0 unspecified atom stereocenters. The Morgan fingerprint density at radius 2 is 0.827 bits per heavy atom. The first kappa shape index (κ1) is 54.0. The van der Waals surface area contributed by atoms with E-state index in [4.69, 9.17) is 21.7 Å². The van der Waals surface area contributed by atoms with E-state index in [1.807, 2.05) is 0 Å². The zero-order chi connectivity index (χ0) is 58.4. The quantitative estimate of drug-likeness (QED) is 0.0500. The molecule has 4 aromatic carbocycles. The molecule has 0 radical (unpaired) electrons. The number of hydrogen-bond acceptors (Lipinski definition) is 20. The molecule has 9 N–H and O–H groups in total. The van der Waals surface area contributed by atoms with Crippen LogP contribution in [0.15, 0.2) is 118 Å². The van der Waals surface area contributed by atoms with E-state index in [1.54, 1.807) is 102 Å². The Bertz CT molecular complexity index is 3890. The van der Waals surface area contributed by atoms with Gasteiger partial charge in [-0.05, 0) is 36.4 Å². The average Bonchev–Trinajstić information content (AvgIpc) is 4.41. The van der Waals surface area contributed by atoms with Crippen LogP contribution in [-0.4, -0.2) is 103 Å². The molecule has 5 aromatic heterocycles. The molecule has 0 saturated heterocycles. The standard InChI is InChI=1S/C53H43N19O9/c1-52(2,3)39-37(61-63-43-33(23-54)35(25-13-9-7-10-14-25)65-69(43)31-19-27(45(73)74)17-28(20-31)46(75)76)41(56)71(67-39)49-58-50(60-51(81)59-49)72-42(57)38(40(68-72)53(4,5)6)62-64-44-34(24-55)36(26-15-11-8-12-16-26)66-70(44)32-21-29(47(77)78)18-30(22-32)48(79)80/h7-22H,56-57H2,1-6H3,(H,73,74)(H,75,76)(H,77,78)(H,79,80)(H,58,59,60,81). The second kappa shape index (κ2) is 20.6. The Morgan fingerprint density at radius 3 is 1.12 bits per heavy atom. The van der Waals surface area contributed by atoms with Crippen molar-refractivity contribution in [2.24, 2.45) is 20.5 Å². The average molecular weight is 1090 g/mol. The fourth-order valence-electron chi connectivity index (χ4n) is 8.21. The molecule has 0 aliphatic rings. The number of benzene rings is 4. The van der Waals surface area contributed by atoms with Gasteiger partial charge in [0.05, 0.1) is 45.0 Å². The van der Waals surface area contributed by atoms with Crippen LogP contribution in [0.3, 0.4) is 0 Å². The highest BCUT2D eigenvalue weighted by molar-refractivity contribution is 5.96. The highest BCUT2D eigenvalue weighted by Crippen LogP contribution is 2.42. The van der Waals surface area contributed by atoms with Gasteiger partial charge >= 0.3 is 29.9 Å². The lowest BCUT2D eigenvalue weighted by atomic mass is 9.91. The van der Waals surface area contributed by atoms with Crippen LogP contribution in [0.2, 0.25) is 0 Å². The first-order valence-corrected chi connectivity index (χ1v) is 23.9. The van der Waals surface area contributed by atoms with Crippen molar-refractivity contribution in [2.75, 3.05) is 11.5 Å². The van der Waals surface area contributed by atoms with Gasteiger partial charge in [-0.2, -0.15) is 55.2 Å². The third-order valence-corrected chi connectivity index (χ3v) is 12.0. The molecule has 0 aliphatic carbocycles. The largest absolute Gasteiger partial charge is 0.479 e. The first-order valence-electron chi connectivity index (χ1n) is 23.9. The highest BCUT2D eigenvalue weighted by atomic mass is 16.4. The summed E-state index contributed by atoms with van der Waals surface area (Å²) in [6.07, 6.45) is 0. The summed E-state index contributed by atoms with van der Waals surface area (Å²) in [5.74, 6) is -7.53. The Hall–Kier alpha value is -11.8. The molecule has 9 rings (SSSR count). The highest BCUT2D eigenvalue weighted by Gasteiger charge is 2.32. The lowest BCUT2D eigenvalue weighted by molar-refractivity contribution is 0.0676. The van der Waals surface area contributed by atoms with Gasteiger partial charge in [-0.3, -0.25) is 0 Å². The van der Waals surface area contributed by atoms with E-state index in [2.05, 4.69) is 57.7 Å². The summed E-state index contributed by atoms with van der Waals surface area (Å²) in [4.78, 5) is 61.5. The molecule has 28 nitrogen and oxygen atoms in total. The number of azo groups is 2. The van der Waals surface area contributed by atoms with Crippen LogP contribution in [0.4, 0.5) is 34.6 Å². The molecule has 404 valence electrons. The fraction of sp³-hybridized carbons (Fsp3) is 0.151. The SMILES string of the molecule is CC(C)(C)c1nn(-c2nc(O)nc(-n3nc(C(C)(C)C)c(N=Nc4c(C#N)c(-c5ccccc5)nn4-c4cc(C(=O)O)cc(C(=O)O)c4)c3N)n2)c(N)c1N=Nc1c(C#N)c(-c2ccccc2)nn1-c1cc(C(=O)O)cc(C(=O)O)c1. The summed E-state index contributed by atoms with van der Waals surface area (Å²) >= 11 is 0. The van der Waals surface area contributed by atoms with Gasteiger partial charge in [-0.1, -0.05) is 102 Å². The number of carboxylic acids is 4. The molecule has 0 bridgehead atoms. The van der Waals surface area contributed by atoms with Crippen molar-refractivity contribution in [2.45, 2.75) is 52.4 Å². The van der Waals surface area contributed by atoms with Crippen LogP contribution in [0.5, 0.6) is 6.01 Å². The summed E-state index contributed by atoms with van der Waals surface area (Å²) < 4.78 is 4.23. The second-order valence-electron chi connectivity index (χ2n) is 19.8. The van der Waals surface area contributed by atoms with Crippen LogP contribution in [0.25, 0.3) is 45.8 Å². The number of carbonyl (C=O) groups is 4. The number of nitrogens with two attached hydrogens (primary N) is 2. The van der Waals surface area contributed by atoms with Crippen molar-refractivity contribution in [3.05, 3.63) is 142 Å². The Kier molecular flexibility index (Phi) is 13.7. The molecule has 81 heavy (non-hydrogen) atoms. The van der Waals surface area contributed by atoms with E-state index >= 15 is 0 Å². The number of aromatic hydroxyl groups is 1. The van der Waals surface area contributed by atoms with E-state index in [0.29, 0.717) is 11.1 Å². The summed E-state index contributed by atoms with van der Waals surface area (Å²) in [6, 6.07) is 26.9. The monoisotopic (exact) mass is 1090 g/mol. The molecule has 28 heteroatoms. The van der Waals surface area contributed by atoms with Gasteiger partial charge in [0, 0.05) is 22.0 Å². The number of nitrogens with zero attached hydrogens (tertiary/aromatic N) is 17. The molecular weight excluding hydrogens is 1050 g/mol. The topological polar surface area (TPSA) is 428 Å². The first-order chi connectivity index (χ1) is 38.4. The maximum atomic E-state index is 12.2. The van der Waals surface area contributed by atoms with Gasteiger partial charge in [0.1, 0.15) is 34.7 Å². The van der Waals surface area contributed by atoms with Crippen molar-refractivity contribution >= 4 is 58.5 Å². The van der Waals surface area contributed by atoms with E-state index in [-0.39, 0.29) is 79.9 Å². The molecule has 0 atom stereocenters. The van der Waals surface area contributed by atoms with Crippen molar-refractivity contribution in [1.82, 2.24) is 54.1 Å². The third kappa shape index (κ3) is 10.3. The predicted octanol–water partition coefficient (Wildman–Crippen LogP) is 8.78. The van der Waals surface area contributed by atoms with E-state index < -0.39 is 74.9 Å². The van der Waals surface area contributed by atoms with Gasteiger partial charge in [0.25, 0.3) is 11.9 Å². The number of carboxylic acid groups (broad SMARTS) is 4. The van der Waals surface area contributed by atoms with Crippen LogP contribution in [-0.2, 0) is 10.8 Å². The lowest BCUT2D eigenvalue weighted by Gasteiger charge is -2.15. The van der Waals surface area contributed by atoms with Gasteiger partial charge in [0.2, 0.25) is 0 Å². The molecule has 5 heterocycles. The van der Waals surface area contributed by atoms with Crippen molar-refractivity contribution in [3.8, 4) is 63.9 Å². The second-order valence-corrected chi connectivity index (χ2v) is 19.8. The van der Waals surface area contributed by atoms with Crippen LogP contribution in [0.1, 0.15) is 105 Å². The van der Waals surface area contributed by atoms with Gasteiger partial charge in [0.15, 0.2) is 34.6 Å². The number of rotatable bonds is 14. The third-order valence-electron chi connectivity index (χ3n) is 12.0. The molecule has 9 aromatic rings. The lowest BCUT2D eigenvalue weighted by Crippen LogP contribution is -2.16. The van der Waals surface area contributed by atoms with Crippen LogP contribution < -0.4 is 11.5 Å². The van der Waals surface area contributed by atoms with E-state index in [9.17, 15) is 55.2 Å². The zero-order valence-electron chi connectivity index (χ0n) is 43.4. The minimum absolute atomic E-state index is 0.0797. The summed E-state index contributed by atoms with van der Waals surface area (Å²) in [7, 11) is 0. The normalized spacial score (nSPS) is 11.8. The summed E-state index contributed by atoms with van der Waals surface area (Å²) in [6.45, 7) is 10.7. The van der Waals surface area contributed by atoms with Crippen LogP contribution in [0, 0.1) is 22.7 Å². The number of anilines is 2. The smallest absolute Gasteiger partial charge is 0.335 e. The molecule has 0 fully saturated rings. The van der Waals surface area contributed by atoms with Crippen molar-refractivity contribution in [3.63, 3.8) is 0 Å². The van der Waals surface area contributed by atoms with E-state index in [0.717, 1.165) is 55.1 Å². The maximum absolute atomic E-state index is 12.2. The molecular formula is C53H43N19O9. The minimum atomic E-state index is -1.44. The zero-order valence-corrected chi connectivity index (χ0v) is 43.4. The van der Waals surface area contributed by atoms with E-state index in [1.165, 1.54) is 0 Å². The molecule has 0 amide bonds. The van der Waals surface area contributed by atoms with Gasteiger partial charge < -0.3 is 37.0 Å². The summed E-state index contributed by atoms with van der Waals surface area (Å²) in [5, 5.41) is 109. The Morgan fingerprint density at radius 1 is 0.494 bits per heavy atom. The Labute approximate surface area is 456 Å². The number of nitrogen functional groups attached to an aromatic ring is 2. The molecule has 0 saturated carbocycles. The fourth-order valence-corrected chi connectivity index (χ4v) is 8.21. The Balaban J connectivity index is 1.18. The minimum Gasteiger partial charge on any atom is -0.479 e. The number of nitriles is 2. The molecule has 0 spiro atoms. The number of aromatic nitrogens is 11. The predicted molar refractivity (Wildman–Crippen MR) is 286 cm³/mol. The van der Waals surface area contributed by atoms with Crippen molar-refractivity contribution in [1.29, 1.82) is 10.5 Å². The van der Waals surface area contributed by atoms with Crippen molar-refractivity contribution < 1.29 is 44.7 Å². The number of aromatic carboxylic acids is 4. The van der Waals surface area contributed by atoms with Gasteiger partial charge in [-0.25, -0.2) is 28.5 Å². The molecule has 0 aliphatic heterocycles. The number of hydrogen-bond donors (Lipinski definition) is 7. The maximum Gasteiger partial charge on any atom is 0.335 e. The van der Waals surface area contributed by atoms with Crippen LogP contribution >= 0.6 is 0 Å². The van der Waals surface area contributed by atoms with Gasteiger partial charge in [-0.15, -0.1) is 20.5 Å². The summed E-state index contributed by atoms with van der Waals surface area (Å²) in [5.41, 5.74) is 11.2.